The Kier molecular flexibility index (Phi) is 4.85. The Morgan fingerprint density at radius 1 is 1.00 bits per heavy atom. The highest BCUT2D eigenvalue weighted by molar-refractivity contribution is 5.82. The van der Waals surface area contributed by atoms with Crippen molar-refractivity contribution < 1.29 is 4.79 Å². The van der Waals surface area contributed by atoms with Crippen molar-refractivity contribution in [3.8, 4) is 0 Å². The third kappa shape index (κ3) is 3.42. The van der Waals surface area contributed by atoms with Crippen LogP contribution in [0.2, 0.25) is 0 Å². The van der Waals surface area contributed by atoms with Gasteiger partial charge in [-0.05, 0) is 64.7 Å². The van der Waals surface area contributed by atoms with Gasteiger partial charge in [0.25, 0.3) is 0 Å². The lowest BCUT2D eigenvalue weighted by molar-refractivity contribution is -0.144. The van der Waals surface area contributed by atoms with Crippen LogP contribution in [0.5, 0.6) is 0 Å². The van der Waals surface area contributed by atoms with E-state index in [1.54, 1.807) is 0 Å². The Morgan fingerprint density at radius 3 is 2.24 bits per heavy atom. The lowest BCUT2D eigenvalue weighted by Gasteiger charge is -2.43. The second-order valence-corrected chi connectivity index (χ2v) is 7.43. The number of rotatable bonds is 2. The highest BCUT2D eigenvalue weighted by atomic mass is 16.2. The van der Waals surface area contributed by atoms with E-state index in [0.717, 1.165) is 45.1 Å². The molecule has 0 atom stereocenters. The van der Waals surface area contributed by atoms with Gasteiger partial charge < -0.3 is 15.1 Å². The van der Waals surface area contributed by atoms with Gasteiger partial charge in [-0.15, -0.1) is 0 Å². The number of carbonyl (C=O) groups is 1. The second kappa shape index (κ2) is 6.66. The summed E-state index contributed by atoms with van der Waals surface area (Å²) in [6.45, 7) is 8.67. The largest absolute Gasteiger partial charge is 0.342 e. The molecule has 1 amide bonds. The fraction of sp³-hybridized carbons (Fsp3) is 0.941. The van der Waals surface area contributed by atoms with Gasteiger partial charge in [0.05, 0.1) is 0 Å². The van der Waals surface area contributed by atoms with E-state index in [1.165, 1.54) is 45.2 Å². The molecule has 3 heterocycles. The molecule has 0 spiro atoms. The van der Waals surface area contributed by atoms with Gasteiger partial charge >= 0.3 is 0 Å². The maximum absolute atomic E-state index is 12.8. The van der Waals surface area contributed by atoms with E-state index in [9.17, 15) is 4.79 Å². The predicted molar refractivity (Wildman–Crippen MR) is 85.2 cm³/mol. The smallest absolute Gasteiger partial charge is 0.228 e. The van der Waals surface area contributed by atoms with Crippen LogP contribution < -0.4 is 5.32 Å². The van der Waals surface area contributed by atoms with Crippen molar-refractivity contribution in [2.75, 3.05) is 39.3 Å². The summed E-state index contributed by atoms with van der Waals surface area (Å²) in [6, 6.07) is 0.732. The maximum Gasteiger partial charge on any atom is 0.228 e. The van der Waals surface area contributed by atoms with Crippen LogP contribution >= 0.6 is 0 Å². The minimum Gasteiger partial charge on any atom is -0.342 e. The van der Waals surface area contributed by atoms with Crippen molar-refractivity contribution >= 4 is 5.91 Å². The fourth-order valence-electron chi connectivity index (χ4n) is 4.29. The van der Waals surface area contributed by atoms with Crippen LogP contribution in [0, 0.1) is 5.41 Å². The van der Waals surface area contributed by atoms with Crippen molar-refractivity contribution in [3.05, 3.63) is 0 Å². The molecule has 0 aromatic rings. The standard InChI is InChI=1S/C17H31N3O/c1-17(7-9-18-10-8-17)16(21)20-13-5-15(6-14-20)19-11-3-2-4-12-19/h15,18H,2-14H2,1H3. The van der Waals surface area contributed by atoms with Gasteiger partial charge in [0.15, 0.2) is 0 Å². The molecule has 0 aliphatic carbocycles. The Labute approximate surface area is 129 Å². The van der Waals surface area contributed by atoms with Crippen LogP contribution in [0.4, 0.5) is 0 Å². The van der Waals surface area contributed by atoms with Crippen molar-refractivity contribution in [2.45, 2.75) is 57.9 Å². The van der Waals surface area contributed by atoms with Gasteiger partial charge in [-0.2, -0.15) is 0 Å². The van der Waals surface area contributed by atoms with Gasteiger partial charge in [-0.1, -0.05) is 13.3 Å². The number of amides is 1. The minimum absolute atomic E-state index is 0.108. The van der Waals surface area contributed by atoms with E-state index in [2.05, 4.69) is 22.0 Å². The van der Waals surface area contributed by atoms with Crippen molar-refractivity contribution in [2.24, 2.45) is 5.41 Å². The molecule has 0 bridgehead atoms. The van der Waals surface area contributed by atoms with E-state index in [0.29, 0.717) is 5.91 Å². The van der Waals surface area contributed by atoms with Crippen LogP contribution in [-0.2, 0) is 4.79 Å². The Hall–Kier alpha value is -0.610. The van der Waals surface area contributed by atoms with E-state index >= 15 is 0 Å². The second-order valence-electron chi connectivity index (χ2n) is 7.43. The number of piperidine rings is 3. The summed E-state index contributed by atoms with van der Waals surface area (Å²) in [5.41, 5.74) is -0.108. The van der Waals surface area contributed by atoms with Crippen molar-refractivity contribution in [3.63, 3.8) is 0 Å². The molecule has 3 aliphatic heterocycles. The number of nitrogens with one attached hydrogen (secondary N) is 1. The summed E-state index contributed by atoms with van der Waals surface area (Å²) < 4.78 is 0. The molecule has 3 rings (SSSR count). The molecule has 0 radical (unpaired) electrons. The summed E-state index contributed by atoms with van der Waals surface area (Å²) in [5.74, 6) is 0.418. The predicted octanol–water partition coefficient (Wildman–Crippen LogP) is 1.85. The summed E-state index contributed by atoms with van der Waals surface area (Å²) in [5, 5.41) is 3.37. The number of likely N-dealkylation sites (tertiary alicyclic amines) is 2. The van der Waals surface area contributed by atoms with E-state index in [1.807, 2.05) is 0 Å². The number of hydrogen-bond acceptors (Lipinski definition) is 3. The first-order valence-electron chi connectivity index (χ1n) is 8.93. The van der Waals surface area contributed by atoms with E-state index < -0.39 is 0 Å². The Bertz CT molecular complexity index is 351. The summed E-state index contributed by atoms with van der Waals surface area (Å²) in [7, 11) is 0. The lowest BCUT2D eigenvalue weighted by Crippen LogP contribution is -2.53. The van der Waals surface area contributed by atoms with Crippen molar-refractivity contribution in [1.29, 1.82) is 0 Å². The SMILES string of the molecule is CC1(C(=O)N2CCC(N3CCCCC3)CC2)CCNCC1. The van der Waals surface area contributed by atoms with Crippen LogP contribution in [0.25, 0.3) is 0 Å². The molecule has 1 N–H and O–H groups in total. The fourth-order valence-corrected chi connectivity index (χ4v) is 4.29. The molecule has 120 valence electrons. The maximum atomic E-state index is 12.8. The highest BCUT2D eigenvalue weighted by Gasteiger charge is 2.39. The molecule has 3 fully saturated rings. The summed E-state index contributed by atoms with van der Waals surface area (Å²) in [6.07, 6.45) is 8.49. The third-order valence-corrected chi connectivity index (χ3v) is 5.88. The third-order valence-electron chi connectivity index (χ3n) is 5.88. The molecular weight excluding hydrogens is 262 g/mol. The zero-order valence-corrected chi connectivity index (χ0v) is 13.6. The molecule has 3 saturated heterocycles. The molecule has 4 heteroatoms. The number of carbonyl (C=O) groups excluding carboxylic acids is 1. The van der Waals surface area contributed by atoms with Crippen LogP contribution in [0.1, 0.15) is 51.9 Å². The molecule has 0 saturated carbocycles. The first kappa shape index (κ1) is 15.3. The van der Waals surface area contributed by atoms with Crippen LogP contribution in [0.15, 0.2) is 0 Å². The first-order valence-corrected chi connectivity index (χ1v) is 8.93. The van der Waals surface area contributed by atoms with Crippen LogP contribution in [-0.4, -0.2) is 61.0 Å². The van der Waals surface area contributed by atoms with Crippen LogP contribution in [0.3, 0.4) is 0 Å². The minimum atomic E-state index is -0.108. The van der Waals surface area contributed by atoms with Crippen molar-refractivity contribution in [1.82, 2.24) is 15.1 Å². The van der Waals surface area contributed by atoms with Gasteiger partial charge in [0, 0.05) is 24.5 Å². The van der Waals surface area contributed by atoms with E-state index in [-0.39, 0.29) is 5.41 Å². The molecule has 4 nitrogen and oxygen atoms in total. The van der Waals surface area contributed by atoms with Gasteiger partial charge in [0.2, 0.25) is 5.91 Å². The Balaban J connectivity index is 1.51. The molecule has 21 heavy (non-hydrogen) atoms. The topological polar surface area (TPSA) is 35.6 Å². The van der Waals surface area contributed by atoms with Gasteiger partial charge in [-0.25, -0.2) is 0 Å². The molecule has 0 aromatic heterocycles. The normalized spacial score (nSPS) is 28.5. The first-order chi connectivity index (χ1) is 10.2. The van der Waals surface area contributed by atoms with E-state index in [4.69, 9.17) is 0 Å². The number of hydrogen-bond donors (Lipinski definition) is 1. The summed E-state index contributed by atoms with van der Waals surface area (Å²) in [4.78, 5) is 17.7. The monoisotopic (exact) mass is 293 g/mol. The lowest BCUT2D eigenvalue weighted by atomic mass is 9.79. The van der Waals surface area contributed by atoms with Gasteiger partial charge in [-0.3, -0.25) is 4.79 Å². The zero-order chi connectivity index (χ0) is 14.7. The number of nitrogens with zero attached hydrogens (tertiary/aromatic N) is 2. The average molecular weight is 293 g/mol. The summed E-state index contributed by atoms with van der Waals surface area (Å²) >= 11 is 0. The average Bonchev–Trinajstić information content (AvgIpc) is 2.56. The molecule has 0 unspecified atom stereocenters. The van der Waals surface area contributed by atoms with Gasteiger partial charge in [0.1, 0.15) is 0 Å². The molecule has 3 aliphatic rings. The molecule has 0 aromatic carbocycles. The Morgan fingerprint density at radius 2 is 1.62 bits per heavy atom. The highest BCUT2D eigenvalue weighted by Crippen LogP contribution is 2.32. The quantitative estimate of drug-likeness (QED) is 0.844. The molecular formula is C17H31N3O. The zero-order valence-electron chi connectivity index (χ0n) is 13.6.